The number of anilines is 1. The van der Waals surface area contributed by atoms with Crippen molar-refractivity contribution < 1.29 is 4.74 Å². The second-order valence-corrected chi connectivity index (χ2v) is 6.37. The number of hydrogen-bond donors (Lipinski definition) is 2. The standard InChI is InChI=1S/C17H25N3O/c1-11-6-13(9-21-10-18)20-16-14(11)7-12(19-5)8-15(16)17(2,3)4/h6-8,19H,9-10,18H2,1-5H3. The van der Waals surface area contributed by atoms with Crippen molar-refractivity contribution >= 4 is 16.6 Å². The maximum atomic E-state index is 5.41. The van der Waals surface area contributed by atoms with E-state index in [-0.39, 0.29) is 12.1 Å². The number of aryl methyl sites for hydroxylation is 1. The lowest BCUT2D eigenvalue weighted by Gasteiger charge is -2.23. The van der Waals surface area contributed by atoms with Crippen LogP contribution in [0, 0.1) is 6.92 Å². The van der Waals surface area contributed by atoms with Gasteiger partial charge in [-0.05, 0) is 41.7 Å². The molecular formula is C17H25N3O. The lowest BCUT2D eigenvalue weighted by atomic mass is 9.84. The smallest absolute Gasteiger partial charge is 0.0945 e. The van der Waals surface area contributed by atoms with Crippen LogP contribution in [0.15, 0.2) is 18.2 Å². The molecular weight excluding hydrogens is 262 g/mol. The highest BCUT2D eigenvalue weighted by atomic mass is 16.5. The highest BCUT2D eigenvalue weighted by Crippen LogP contribution is 2.33. The molecule has 114 valence electrons. The Kier molecular flexibility index (Phi) is 4.49. The molecule has 0 bridgehead atoms. The van der Waals surface area contributed by atoms with Crippen LogP contribution in [0.4, 0.5) is 5.69 Å². The quantitative estimate of drug-likeness (QED) is 0.847. The number of aromatic nitrogens is 1. The zero-order valence-electron chi connectivity index (χ0n) is 13.6. The molecule has 0 unspecified atom stereocenters. The predicted molar refractivity (Wildman–Crippen MR) is 88.6 cm³/mol. The van der Waals surface area contributed by atoms with Crippen LogP contribution in [0.1, 0.15) is 37.6 Å². The number of hydrogen-bond acceptors (Lipinski definition) is 4. The molecule has 0 aliphatic carbocycles. The highest BCUT2D eigenvalue weighted by Gasteiger charge is 2.20. The molecule has 3 N–H and O–H groups in total. The van der Waals surface area contributed by atoms with E-state index in [0.717, 1.165) is 16.9 Å². The molecule has 2 rings (SSSR count). The average molecular weight is 287 g/mol. The van der Waals surface area contributed by atoms with Gasteiger partial charge in [0.2, 0.25) is 0 Å². The first-order valence-electron chi connectivity index (χ1n) is 7.27. The van der Waals surface area contributed by atoms with Crippen LogP contribution in [0.3, 0.4) is 0 Å². The fraction of sp³-hybridized carbons (Fsp3) is 0.471. The topological polar surface area (TPSA) is 60.2 Å². The molecule has 1 heterocycles. The Labute approximate surface area is 126 Å². The fourth-order valence-electron chi connectivity index (χ4n) is 2.51. The van der Waals surface area contributed by atoms with Gasteiger partial charge in [-0.2, -0.15) is 0 Å². The Morgan fingerprint density at radius 2 is 1.95 bits per heavy atom. The van der Waals surface area contributed by atoms with Gasteiger partial charge in [0, 0.05) is 18.1 Å². The molecule has 0 spiro atoms. The third-order valence-corrected chi connectivity index (χ3v) is 3.64. The van der Waals surface area contributed by atoms with Crippen LogP contribution in [-0.2, 0) is 16.8 Å². The molecule has 4 nitrogen and oxygen atoms in total. The van der Waals surface area contributed by atoms with Gasteiger partial charge in [0.15, 0.2) is 0 Å². The summed E-state index contributed by atoms with van der Waals surface area (Å²) in [4.78, 5) is 4.81. The van der Waals surface area contributed by atoms with Crippen LogP contribution in [0.5, 0.6) is 0 Å². The number of ether oxygens (including phenoxy) is 1. The molecule has 21 heavy (non-hydrogen) atoms. The molecule has 1 aromatic heterocycles. The molecule has 0 saturated heterocycles. The van der Waals surface area contributed by atoms with Gasteiger partial charge in [0.25, 0.3) is 0 Å². The molecule has 0 saturated carbocycles. The van der Waals surface area contributed by atoms with Gasteiger partial charge >= 0.3 is 0 Å². The summed E-state index contributed by atoms with van der Waals surface area (Å²) in [5.41, 5.74) is 11.0. The Bertz CT molecular complexity index is 645. The van der Waals surface area contributed by atoms with E-state index in [1.54, 1.807) is 0 Å². The number of nitrogens with zero attached hydrogens (tertiary/aromatic N) is 1. The van der Waals surface area contributed by atoms with Gasteiger partial charge in [-0.3, -0.25) is 4.98 Å². The van der Waals surface area contributed by atoms with E-state index in [1.165, 1.54) is 16.5 Å². The van der Waals surface area contributed by atoms with Gasteiger partial charge in [-0.1, -0.05) is 20.8 Å². The number of rotatable bonds is 4. The molecule has 0 fully saturated rings. The summed E-state index contributed by atoms with van der Waals surface area (Å²) in [5, 5.41) is 4.42. The molecule has 0 radical (unpaired) electrons. The third kappa shape index (κ3) is 3.34. The lowest BCUT2D eigenvalue weighted by molar-refractivity contribution is 0.125. The number of fused-ring (bicyclic) bond motifs is 1. The van der Waals surface area contributed by atoms with Gasteiger partial charge in [-0.25, -0.2) is 0 Å². The molecule has 0 amide bonds. The Morgan fingerprint density at radius 1 is 1.24 bits per heavy atom. The van der Waals surface area contributed by atoms with Gasteiger partial charge in [-0.15, -0.1) is 0 Å². The van der Waals surface area contributed by atoms with Crippen LogP contribution in [0.2, 0.25) is 0 Å². The number of nitrogens with one attached hydrogen (secondary N) is 1. The zero-order valence-corrected chi connectivity index (χ0v) is 13.6. The van der Waals surface area contributed by atoms with Crippen LogP contribution in [0.25, 0.3) is 10.9 Å². The van der Waals surface area contributed by atoms with Gasteiger partial charge in [0.1, 0.15) is 0 Å². The summed E-state index contributed by atoms with van der Waals surface area (Å²) in [6.07, 6.45) is 0. The van der Waals surface area contributed by atoms with Gasteiger partial charge in [0.05, 0.1) is 24.5 Å². The second-order valence-electron chi connectivity index (χ2n) is 6.37. The van der Waals surface area contributed by atoms with E-state index in [0.29, 0.717) is 6.61 Å². The summed E-state index contributed by atoms with van der Waals surface area (Å²) in [5.74, 6) is 0. The van der Waals surface area contributed by atoms with Crippen molar-refractivity contribution in [3.8, 4) is 0 Å². The first kappa shape index (κ1) is 15.7. The van der Waals surface area contributed by atoms with Crippen LogP contribution < -0.4 is 11.1 Å². The monoisotopic (exact) mass is 287 g/mol. The zero-order chi connectivity index (χ0) is 15.6. The number of benzene rings is 1. The van der Waals surface area contributed by atoms with Crippen molar-refractivity contribution in [2.75, 3.05) is 19.1 Å². The predicted octanol–water partition coefficient (Wildman–Crippen LogP) is 3.32. The maximum Gasteiger partial charge on any atom is 0.0945 e. The van der Waals surface area contributed by atoms with E-state index in [4.69, 9.17) is 15.5 Å². The number of pyridine rings is 1. The minimum Gasteiger partial charge on any atom is -0.388 e. The van der Waals surface area contributed by atoms with Gasteiger partial charge < -0.3 is 15.8 Å². The lowest BCUT2D eigenvalue weighted by Crippen LogP contribution is -2.14. The first-order valence-corrected chi connectivity index (χ1v) is 7.27. The Morgan fingerprint density at radius 3 is 2.52 bits per heavy atom. The van der Waals surface area contributed by atoms with Crippen molar-refractivity contribution in [2.45, 2.75) is 39.7 Å². The second kappa shape index (κ2) is 6.00. The largest absolute Gasteiger partial charge is 0.388 e. The van der Waals surface area contributed by atoms with Crippen LogP contribution >= 0.6 is 0 Å². The fourth-order valence-corrected chi connectivity index (χ4v) is 2.51. The third-order valence-electron chi connectivity index (χ3n) is 3.64. The number of nitrogens with two attached hydrogens (primary N) is 1. The van der Waals surface area contributed by atoms with Crippen molar-refractivity contribution in [3.05, 3.63) is 35.0 Å². The highest BCUT2D eigenvalue weighted by molar-refractivity contribution is 5.89. The molecule has 2 aromatic rings. The molecule has 4 heteroatoms. The average Bonchev–Trinajstić information content (AvgIpc) is 2.43. The molecule has 0 aliphatic heterocycles. The molecule has 0 aliphatic rings. The molecule has 1 aromatic carbocycles. The molecule has 0 atom stereocenters. The summed E-state index contributed by atoms with van der Waals surface area (Å²) in [7, 11) is 1.94. The van der Waals surface area contributed by atoms with Crippen molar-refractivity contribution in [1.82, 2.24) is 4.98 Å². The summed E-state index contributed by atoms with van der Waals surface area (Å²) >= 11 is 0. The van der Waals surface area contributed by atoms with E-state index in [1.807, 2.05) is 7.05 Å². The Balaban J connectivity index is 2.70. The van der Waals surface area contributed by atoms with Crippen molar-refractivity contribution in [3.63, 3.8) is 0 Å². The van der Waals surface area contributed by atoms with E-state index < -0.39 is 0 Å². The van der Waals surface area contributed by atoms with Crippen LogP contribution in [-0.4, -0.2) is 18.8 Å². The van der Waals surface area contributed by atoms with E-state index >= 15 is 0 Å². The Hall–Kier alpha value is -1.65. The van der Waals surface area contributed by atoms with E-state index in [2.05, 4.69) is 51.2 Å². The maximum absolute atomic E-state index is 5.41. The SMILES string of the molecule is CNc1cc(C(C)(C)C)c2nc(COCN)cc(C)c2c1. The first-order chi connectivity index (χ1) is 9.86. The van der Waals surface area contributed by atoms with Crippen molar-refractivity contribution in [1.29, 1.82) is 0 Å². The minimum atomic E-state index is 0.0257. The minimum absolute atomic E-state index is 0.0257. The van der Waals surface area contributed by atoms with E-state index in [9.17, 15) is 0 Å². The van der Waals surface area contributed by atoms with Crippen molar-refractivity contribution in [2.24, 2.45) is 5.73 Å². The summed E-state index contributed by atoms with van der Waals surface area (Å²) in [6.45, 7) is 9.40. The summed E-state index contributed by atoms with van der Waals surface area (Å²) < 4.78 is 5.30. The normalized spacial score (nSPS) is 11.9. The summed E-state index contributed by atoms with van der Waals surface area (Å²) in [6, 6.07) is 6.41.